The molecule has 4 aromatic rings. The molecule has 0 bridgehead atoms. The minimum absolute atomic E-state index is 0.0979. The maximum absolute atomic E-state index is 13.2. The Balaban J connectivity index is 1.66. The van der Waals surface area contributed by atoms with Gasteiger partial charge in [0, 0.05) is 12.7 Å². The Bertz CT molecular complexity index is 1270. The van der Waals surface area contributed by atoms with E-state index in [2.05, 4.69) is 10.2 Å². The molecule has 0 saturated heterocycles. The molecule has 0 radical (unpaired) electrons. The fourth-order valence-electron chi connectivity index (χ4n) is 3.37. The molecule has 0 aliphatic rings. The zero-order valence-corrected chi connectivity index (χ0v) is 19.1. The van der Waals surface area contributed by atoms with Crippen molar-refractivity contribution in [3.05, 3.63) is 64.8 Å². The van der Waals surface area contributed by atoms with Crippen LogP contribution in [0, 0.1) is 0 Å². The molecule has 0 aliphatic carbocycles. The van der Waals surface area contributed by atoms with E-state index in [1.165, 1.54) is 11.8 Å². The van der Waals surface area contributed by atoms with Crippen LogP contribution in [0.1, 0.15) is 31.0 Å². The van der Waals surface area contributed by atoms with E-state index < -0.39 is 0 Å². The molecule has 0 fully saturated rings. The van der Waals surface area contributed by atoms with Gasteiger partial charge in [-0.2, -0.15) is 0 Å². The summed E-state index contributed by atoms with van der Waals surface area (Å²) in [7, 11) is 3.23. The molecule has 2 aromatic carbocycles. The zero-order chi connectivity index (χ0) is 22.7. The first-order chi connectivity index (χ1) is 15.5. The molecule has 166 valence electrons. The van der Waals surface area contributed by atoms with Gasteiger partial charge in [-0.1, -0.05) is 23.9 Å². The van der Waals surface area contributed by atoms with Crippen molar-refractivity contribution in [2.75, 3.05) is 20.8 Å². The number of nitrogens with zero attached hydrogens (tertiary/aromatic N) is 4. The van der Waals surface area contributed by atoms with Crippen molar-refractivity contribution in [2.24, 2.45) is 0 Å². The summed E-state index contributed by atoms with van der Waals surface area (Å²) in [6.07, 6.45) is 0. The summed E-state index contributed by atoms with van der Waals surface area (Å²) >= 11 is 1.40. The van der Waals surface area contributed by atoms with Gasteiger partial charge in [-0.25, -0.2) is 4.98 Å². The average molecular weight is 453 g/mol. The molecule has 0 spiro atoms. The normalized spacial score (nSPS) is 13.2. The van der Waals surface area contributed by atoms with E-state index in [1.54, 1.807) is 24.9 Å². The molecule has 32 heavy (non-hydrogen) atoms. The highest BCUT2D eigenvalue weighted by molar-refractivity contribution is 7.99. The lowest BCUT2D eigenvalue weighted by molar-refractivity contribution is 0.156. The van der Waals surface area contributed by atoms with Gasteiger partial charge in [-0.15, -0.1) is 10.2 Å². The van der Waals surface area contributed by atoms with E-state index in [9.17, 15) is 4.79 Å². The summed E-state index contributed by atoms with van der Waals surface area (Å²) in [5.41, 5.74) is 1.35. The Labute approximate surface area is 189 Å². The van der Waals surface area contributed by atoms with Crippen LogP contribution < -0.4 is 10.3 Å². The Hall–Kier alpha value is -3.17. The van der Waals surface area contributed by atoms with Crippen molar-refractivity contribution in [1.29, 1.82) is 0 Å². The van der Waals surface area contributed by atoms with Crippen molar-refractivity contribution < 1.29 is 13.9 Å². The minimum atomic E-state index is -0.219. The number of methoxy groups -OCH3 is 2. The van der Waals surface area contributed by atoms with Gasteiger partial charge in [0.25, 0.3) is 5.56 Å². The van der Waals surface area contributed by atoms with E-state index in [-0.39, 0.29) is 16.9 Å². The second-order valence-electron chi connectivity index (χ2n) is 7.33. The van der Waals surface area contributed by atoms with E-state index in [0.29, 0.717) is 34.4 Å². The van der Waals surface area contributed by atoms with Crippen LogP contribution >= 0.6 is 11.8 Å². The van der Waals surface area contributed by atoms with Crippen LogP contribution in [0.3, 0.4) is 0 Å². The number of para-hydroxylation sites is 1. The molecule has 0 unspecified atom stereocenters. The standard InChI is InChI=1S/C23H24N4O4S/c1-14(13-29-3)27-22(28)18-7-5-6-8-19(18)24-23(27)32-15(2)20-25-26-21(31-20)16-9-11-17(30-4)12-10-16/h5-12,14-15H,13H2,1-4H3/t14-,15+/m1/s1. The van der Waals surface area contributed by atoms with E-state index in [0.717, 1.165) is 11.3 Å². The van der Waals surface area contributed by atoms with Gasteiger partial charge in [-0.3, -0.25) is 9.36 Å². The molecule has 0 N–H and O–H groups in total. The number of aromatic nitrogens is 4. The number of rotatable bonds is 8. The fourth-order valence-corrected chi connectivity index (χ4v) is 4.41. The van der Waals surface area contributed by atoms with E-state index in [4.69, 9.17) is 18.9 Å². The van der Waals surface area contributed by atoms with Gasteiger partial charge < -0.3 is 13.9 Å². The Morgan fingerprint density at radius 1 is 1.06 bits per heavy atom. The number of benzene rings is 2. The lowest BCUT2D eigenvalue weighted by Crippen LogP contribution is -2.28. The number of ether oxygens (including phenoxy) is 2. The van der Waals surface area contributed by atoms with Crippen LogP contribution in [-0.4, -0.2) is 40.6 Å². The third-order valence-corrected chi connectivity index (χ3v) is 6.09. The molecule has 0 aliphatic heterocycles. The number of hydrogen-bond acceptors (Lipinski definition) is 8. The van der Waals surface area contributed by atoms with Gasteiger partial charge in [0.15, 0.2) is 5.16 Å². The lowest BCUT2D eigenvalue weighted by atomic mass is 10.2. The highest BCUT2D eigenvalue weighted by Gasteiger charge is 2.22. The summed E-state index contributed by atoms with van der Waals surface area (Å²) in [5.74, 6) is 1.63. The van der Waals surface area contributed by atoms with Crippen LogP contribution in [0.4, 0.5) is 0 Å². The fraction of sp³-hybridized carbons (Fsp3) is 0.304. The molecular weight excluding hydrogens is 428 g/mol. The van der Waals surface area contributed by atoms with Gasteiger partial charge in [-0.05, 0) is 50.2 Å². The van der Waals surface area contributed by atoms with Gasteiger partial charge in [0.1, 0.15) is 5.75 Å². The molecule has 9 heteroatoms. The first-order valence-corrected chi connectivity index (χ1v) is 11.0. The summed E-state index contributed by atoms with van der Waals surface area (Å²) in [6.45, 7) is 4.28. The van der Waals surface area contributed by atoms with Crippen LogP contribution in [-0.2, 0) is 4.74 Å². The van der Waals surface area contributed by atoms with E-state index >= 15 is 0 Å². The molecular formula is C23H24N4O4S. The number of fused-ring (bicyclic) bond motifs is 1. The molecule has 2 aromatic heterocycles. The third-order valence-electron chi connectivity index (χ3n) is 5.03. The lowest BCUT2D eigenvalue weighted by Gasteiger charge is -2.19. The Morgan fingerprint density at radius 3 is 2.53 bits per heavy atom. The van der Waals surface area contributed by atoms with Gasteiger partial charge in [0.05, 0.1) is 35.9 Å². The van der Waals surface area contributed by atoms with Gasteiger partial charge >= 0.3 is 0 Å². The maximum Gasteiger partial charge on any atom is 0.262 e. The Kier molecular flexibility index (Phi) is 6.57. The summed E-state index contributed by atoms with van der Waals surface area (Å²) in [6, 6.07) is 14.6. The number of hydrogen-bond donors (Lipinski definition) is 0. The predicted octanol–water partition coefficient (Wildman–Crippen LogP) is 4.52. The van der Waals surface area contributed by atoms with E-state index in [1.807, 2.05) is 56.3 Å². The summed E-state index contributed by atoms with van der Waals surface area (Å²) in [5, 5.41) is 9.33. The highest BCUT2D eigenvalue weighted by atomic mass is 32.2. The van der Waals surface area contributed by atoms with Crippen LogP contribution in [0.25, 0.3) is 22.4 Å². The van der Waals surface area contributed by atoms with Crippen LogP contribution in [0.2, 0.25) is 0 Å². The maximum atomic E-state index is 13.2. The number of thioether (sulfide) groups is 1. The van der Waals surface area contributed by atoms with Crippen molar-refractivity contribution in [3.8, 4) is 17.2 Å². The Morgan fingerprint density at radius 2 is 1.81 bits per heavy atom. The molecule has 4 rings (SSSR count). The molecule has 2 heterocycles. The predicted molar refractivity (Wildman–Crippen MR) is 123 cm³/mol. The molecule has 8 nitrogen and oxygen atoms in total. The van der Waals surface area contributed by atoms with Gasteiger partial charge in [0.2, 0.25) is 11.8 Å². The first kappa shape index (κ1) is 22.0. The van der Waals surface area contributed by atoms with Crippen molar-refractivity contribution in [3.63, 3.8) is 0 Å². The zero-order valence-electron chi connectivity index (χ0n) is 18.3. The second-order valence-corrected chi connectivity index (χ2v) is 8.63. The van der Waals surface area contributed by atoms with Crippen molar-refractivity contribution >= 4 is 22.7 Å². The van der Waals surface area contributed by atoms with Crippen molar-refractivity contribution in [1.82, 2.24) is 19.7 Å². The quantitative estimate of drug-likeness (QED) is 0.285. The smallest absolute Gasteiger partial charge is 0.262 e. The molecule has 2 atom stereocenters. The second kappa shape index (κ2) is 9.54. The SMILES string of the molecule is COC[C@@H](C)n1c(S[C@@H](C)c2nnc(-c3ccc(OC)cc3)o2)nc2ccccc2c1=O. The molecule has 0 saturated carbocycles. The summed E-state index contributed by atoms with van der Waals surface area (Å²) in [4.78, 5) is 18.0. The highest BCUT2D eigenvalue weighted by Crippen LogP contribution is 2.35. The minimum Gasteiger partial charge on any atom is -0.497 e. The summed E-state index contributed by atoms with van der Waals surface area (Å²) < 4.78 is 18.1. The molecule has 0 amide bonds. The monoisotopic (exact) mass is 452 g/mol. The van der Waals surface area contributed by atoms with Crippen LogP contribution in [0.5, 0.6) is 5.75 Å². The topological polar surface area (TPSA) is 92.3 Å². The third kappa shape index (κ3) is 4.39. The van der Waals surface area contributed by atoms with Crippen LogP contribution in [0.15, 0.2) is 62.9 Å². The largest absolute Gasteiger partial charge is 0.497 e. The van der Waals surface area contributed by atoms with Crippen molar-refractivity contribution in [2.45, 2.75) is 30.3 Å². The first-order valence-electron chi connectivity index (χ1n) is 10.2. The average Bonchev–Trinajstić information content (AvgIpc) is 3.30.